The van der Waals surface area contributed by atoms with E-state index in [4.69, 9.17) is 18.9 Å². The Morgan fingerprint density at radius 2 is 1.59 bits per heavy atom. The van der Waals surface area contributed by atoms with E-state index in [1.54, 1.807) is 0 Å². The minimum atomic E-state index is -1.39. The highest BCUT2D eigenvalue weighted by Crippen LogP contribution is 2.30. The fourth-order valence-corrected chi connectivity index (χ4v) is 5.84. The number of hydrogen-bond donors (Lipinski definition) is 0. The third kappa shape index (κ3) is 5.03. The Morgan fingerprint density at radius 3 is 2.00 bits per heavy atom. The van der Waals surface area contributed by atoms with Gasteiger partial charge in [-0.3, -0.25) is 4.74 Å². The lowest BCUT2D eigenvalue weighted by Gasteiger charge is -2.41. The van der Waals surface area contributed by atoms with E-state index >= 15 is 0 Å². The molecule has 1 aliphatic rings. The molecule has 1 saturated heterocycles. The zero-order chi connectivity index (χ0) is 16.6. The van der Waals surface area contributed by atoms with Crippen LogP contribution in [0.25, 0.3) is 0 Å². The maximum absolute atomic E-state index is 6.40. The van der Waals surface area contributed by atoms with Crippen LogP contribution in [0, 0.1) is 0 Å². The van der Waals surface area contributed by atoms with Gasteiger partial charge in [0.05, 0.1) is 27.0 Å². The first-order chi connectivity index (χ1) is 10.5. The number of hydrogen-bond acceptors (Lipinski definition) is 4. The highest BCUT2D eigenvalue weighted by atomic mass is 28.3. The molecular weight excluding hydrogens is 296 g/mol. The topological polar surface area (TPSA) is 36.9 Å². The van der Waals surface area contributed by atoms with E-state index in [1.165, 1.54) is 12.1 Å². The molecule has 0 radical (unpaired) electrons. The Bertz CT molecular complexity index is 301. The van der Waals surface area contributed by atoms with Crippen molar-refractivity contribution in [1.82, 2.24) is 0 Å². The average Bonchev–Trinajstić information content (AvgIpc) is 2.58. The summed E-state index contributed by atoms with van der Waals surface area (Å²) in [6.45, 7) is 14.8. The van der Waals surface area contributed by atoms with Crippen LogP contribution in [0.1, 0.15) is 60.3 Å². The molecule has 0 aromatic heterocycles. The molecule has 0 N–H and O–H groups in total. The van der Waals surface area contributed by atoms with Gasteiger partial charge in [0.25, 0.3) is 5.97 Å². The van der Waals surface area contributed by atoms with E-state index in [9.17, 15) is 0 Å². The van der Waals surface area contributed by atoms with Crippen molar-refractivity contribution in [3.05, 3.63) is 0 Å². The molecule has 0 amide bonds. The van der Waals surface area contributed by atoms with E-state index in [0.717, 1.165) is 19.3 Å². The highest BCUT2D eigenvalue weighted by molar-refractivity contribution is 6.79. The highest BCUT2D eigenvalue weighted by Gasteiger charge is 2.40. The lowest BCUT2D eigenvalue weighted by Crippen LogP contribution is -2.50. The monoisotopic (exact) mass is 332 g/mol. The Kier molecular flexibility index (Phi) is 8.57. The first-order valence-corrected chi connectivity index (χ1v) is 12.1. The molecule has 1 fully saturated rings. The van der Waals surface area contributed by atoms with Crippen LogP contribution in [-0.2, 0) is 18.9 Å². The van der Waals surface area contributed by atoms with Crippen LogP contribution in [0.3, 0.4) is 0 Å². The van der Waals surface area contributed by atoms with Crippen LogP contribution in [0.2, 0.25) is 18.6 Å². The van der Waals surface area contributed by atoms with E-state index in [0.29, 0.717) is 25.4 Å². The molecule has 5 heteroatoms. The van der Waals surface area contributed by atoms with Crippen molar-refractivity contribution < 1.29 is 18.9 Å². The second kappa shape index (κ2) is 9.38. The molecule has 0 aromatic carbocycles. The molecule has 0 bridgehead atoms. The summed E-state index contributed by atoms with van der Waals surface area (Å²) < 4.78 is 24.1. The Hall–Kier alpha value is 0.0569. The van der Waals surface area contributed by atoms with Gasteiger partial charge in [0.2, 0.25) is 0 Å². The molecule has 1 heterocycles. The third-order valence-corrected chi connectivity index (χ3v) is 10.4. The number of ether oxygens (including phenoxy) is 4. The molecule has 1 aliphatic heterocycles. The maximum Gasteiger partial charge on any atom is 0.284 e. The van der Waals surface area contributed by atoms with Gasteiger partial charge in [-0.2, -0.15) is 0 Å². The molecule has 0 aliphatic carbocycles. The first kappa shape index (κ1) is 20.1. The van der Waals surface area contributed by atoms with Crippen molar-refractivity contribution in [3.8, 4) is 0 Å². The smallest absolute Gasteiger partial charge is 0.284 e. The lowest BCUT2D eigenvalue weighted by atomic mass is 10.3. The lowest BCUT2D eigenvalue weighted by molar-refractivity contribution is -0.435. The fraction of sp³-hybridized carbons (Fsp3) is 1.00. The summed E-state index contributed by atoms with van der Waals surface area (Å²) in [5, 5.41) is 0. The molecule has 4 nitrogen and oxygen atoms in total. The molecule has 132 valence electrons. The van der Waals surface area contributed by atoms with E-state index in [2.05, 4.69) is 34.2 Å². The Labute approximate surface area is 137 Å². The zero-order valence-corrected chi connectivity index (χ0v) is 16.4. The van der Waals surface area contributed by atoms with Crippen LogP contribution in [0.15, 0.2) is 0 Å². The quantitative estimate of drug-likeness (QED) is 0.429. The van der Waals surface area contributed by atoms with Crippen LogP contribution in [-0.4, -0.2) is 39.3 Å². The largest absolute Gasteiger partial charge is 0.353 e. The van der Waals surface area contributed by atoms with Crippen LogP contribution in [0.4, 0.5) is 0 Å². The average molecular weight is 333 g/mol. The van der Waals surface area contributed by atoms with Gasteiger partial charge in [0.1, 0.15) is 0 Å². The second-order valence-electron chi connectivity index (χ2n) is 6.44. The molecule has 22 heavy (non-hydrogen) atoms. The maximum atomic E-state index is 6.40. The van der Waals surface area contributed by atoms with Gasteiger partial charge in [-0.25, -0.2) is 0 Å². The minimum Gasteiger partial charge on any atom is -0.353 e. The van der Waals surface area contributed by atoms with Crippen molar-refractivity contribution >= 4 is 8.07 Å². The van der Waals surface area contributed by atoms with Crippen molar-refractivity contribution in [2.75, 3.05) is 13.2 Å². The predicted octanol–water partition coefficient (Wildman–Crippen LogP) is 4.69. The normalized spacial score (nSPS) is 21.5. The van der Waals surface area contributed by atoms with Gasteiger partial charge in [-0.1, -0.05) is 53.3 Å². The van der Waals surface area contributed by atoms with E-state index in [-0.39, 0.29) is 6.29 Å². The summed E-state index contributed by atoms with van der Waals surface area (Å²) in [7, 11) is -1.39. The van der Waals surface area contributed by atoms with Gasteiger partial charge in [0, 0.05) is 6.42 Å². The minimum absolute atomic E-state index is 0.257. The summed E-state index contributed by atoms with van der Waals surface area (Å²) in [4.78, 5) is 0. The number of rotatable bonds is 10. The zero-order valence-electron chi connectivity index (χ0n) is 15.4. The summed E-state index contributed by atoms with van der Waals surface area (Å²) in [5.74, 6) is -0.909. The summed E-state index contributed by atoms with van der Waals surface area (Å²) in [5.41, 5.74) is 0.324. The Balaban J connectivity index is 2.73. The molecule has 2 unspecified atom stereocenters. The van der Waals surface area contributed by atoms with Crippen molar-refractivity contribution in [1.29, 1.82) is 0 Å². The van der Waals surface area contributed by atoms with E-state index in [1.807, 2.05) is 6.92 Å². The summed E-state index contributed by atoms with van der Waals surface area (Å²) in [6.07, 6.45) is 3.21. The first-order valence-electron chi connectivity index (χ1n) is 9.10. The van der Waals surface area contributed by atoms with Crippen LogP contribution >= 0.6 is 0 Å². The van der Waals surface area contributed by atoms with Gasteiger partial charge >= 0.3 is 0 Å². The van der Waals surface area contributed by atoms with Crippen molar-refractivity contribution in [2.45, 2.75) is 96.9 Å². The SMILES string of the molecule is CCC(OC(CC)[Si](C)(CC)CC)OC1(CC)OCCCO1. The summed E-state index contributed by atoms with van der Waals surface area (Å²) in [6, 6.07) is 2.48. The van der Waals surface area contributed by atoms with Crippen LogP contribution in [0.5, 0.6) is 0 Å². The standard InChI is InChI=1S/C17H36O4Si/c1-7-15(20-16(8-2)22(6,10-4)11-5)21-17(9-3)18-13-12-14-19-17/h15-16H,7-14H2,1-6H3. The Morgan fingerprint density at radius 1 is 1.00 bits per heavy atom. The molecule has 1 rings (SSSR count). The predicted molar refractivity (Wildman–Crippen MR) is 92.5 cm³/mol. The third-order valence-electron chi connectivity index (χ3n) is 5.09. The van der Waals surface area contributed by atoms with Gasteiger partial charge in [0.15, 0.2) is 6.29 Å². The van der Waals surface area contributed by atoms with Crippen LogP contribution < -0.4 is 0 Å². The second-order valence-corrected chi connectivity index (χ2v) is 11.8. The fourth-order valence-electron chi connectivity index (χ4n) is 2.96. The molecular formula is C17H36O4Si. The van der Waals surface area contributed by atoms with Gasteiger partial charge in [-0.05, 0) is 19.3 Å². The molecule has 0 spiro atoms. The van der Waals surface area contributed by atoms with E-state index < -0.39 is 14.0 Å². The summed E-state index contributed by atoms with van der Waals surface area (Å²) >= 11 is 0. The molecule has 2 atom stereocenters. The van der Waals surface area contributed by atoms with Gasteiger partial charge in [-0.15, -0.1) is 0 Å². The van der Waals surface area contributed by atoms with Crippen molar-refractivity contribution in [3.63, 3.8) is 0 Å². The molecule has 0 aromatic rings. The van der Waals surface area contributed by atoms with Crippen molar-refractivity contribution in [2.24, 2.45) is 0 Å². The molecule has 0 saturated carbocycles. The van der Waals surface area contributed by atoms with Gasteiger partial charge < -0.3 is 14.2 Å².